The molecule has 4 aromatic carbocycles. The van der Waals surface area contributed by atoms with Crippen molar-refractivity contribution in [3.8, 4) is 23.0 Å². The van der Waals surface area contributed by atoms with Crippen molar-refractivity contribution in [1.82, 2.24) is 25.3 Å². The van der Waals surface area contributed by atoms with Gasteiger partial charge in [-0.1, -0.05) is 151 Å². The molecule has 2 saturated heterocycles. The number of amides is 9. The second-order valence-electron chi connectivity index (χ2n) is 31.3. The van der Waals surface area contributed by atoms with Crippen molar-refractivity contribution in [3.05, 3.63) is 137 Å². The van der Waals surface area contributed by atoms with Gasteiger partial charge in [0.2, 0.25) is 5.91 Å². The third-order valence-electron chi connectivity index (χ3n) is 20.0. The number of hydrogen-bond acceptors (Lipinski definition) is 19. The van der Waals surface area contributed by atoms with Crippen LogP contribution < -0.4 is 45.9 Å². The largest absolute Gasteiger partial charge is 0.493 e. The number of Topliss-reactive ketones (excluding diaryl/α,β-unsaturated/α-hetero) is 2. The maximum absolute atomic E-state index is 15.0. The Hall–Kier alpha value is -9.12. The summed E-state index contributed by atoms with van der Waals surface area (Å²) in [6, 6.07) is 18.7. The van der Waals surface area contributed by atoms with E-state index in [1.807, 2.05) is 45.0 Å². The summed E-state index contributed by atoms with van der Waals surface area (Å²) in [6.07, 6.45) is 6.64. The highest BCUT2D eigenvalue weighted by molar-refractivity contribution is 8.77. The lowest BCUT2D eigenvalue weighted by Crippen LogP contribution is -2.46. The number of carbonyl (C=O) groups excluding carboxylic acids is 10. The first-order chi connectivity index (χ1) is 52.6. The molecule has 0 saturated carbocycles. The van der Waals surface area contributed by atoms with E-state index in [1.165, 1.54) is 38.5 Å². The van der Waals surface area contributed by atoms with E-state index in [9.17, 15) is 47.9 Å². The molecule has 2 fully saturated rings. The van der Waals surface area contributed by atoms with Gasteiger partial charge in [-0.25, -0.2) is 14.4 Å². The number of ketones is 2. The fourth-order valence-corrected chi connectivity index (χ4v) is 15.5. The zero-order chi connectivity index (χ0) is 81.3. The molecule has 25 nitrogen and oxygen atoms in total. The van der Waals surface area contributed by atoms with Gasteiger partial charge in [0.25, 0.3) is 23.6 Å². The Morgan fingerprint density at radius 3 is 1.66 bits per heavy atom. The van der Waals surface area contributed by atoms with Gasteiger partial charge in [0, 0.05) is 91.3 Å². The third-order valence-corrected chi connectivity index (χ3v) is 27.8. The van der Waals surface area contributed by atoms with Crippen LogP contribution in [0.15, 0.2) is 114 Å². The number of anilines is 2. The van der Waals surface area contributed by atoms with Gasteiger partial charge in [-0.3, -0.25) is 49.1 Å². The van der Waals surface area contributed by atoms with Crippen molar-refractivity contribution in [2.75, 3.05) is 70.9 Å². The molecular formula is C83H114N8O17S2Si. The Kier molecular flexibility index (Phi) is 33.7. The number of primary amides is 1. The van der Waals surface area contributed by atoms with Gasteiger partial charge in [0.05, 0.1) is 68.6 Å². The molecule has 7 rings (SSSR count). The van der Waals surface area contributed by atoms with E-state index in [0.717, 1.165) is 32.9 Å². The Balaban J connectivity index is 1.00. The highest BCUT2D eigenvalue weighted by Gasteiger charge is 2.41. The van der Waals surface area contributed by atoms with E-state index in [0.29, 0.717) is 87.0 Å². The fraction of sp³-hybridized carbons (Fsp3) is 0.518. The summed E-state index contributed by atoms with van der Waals surface area (Å²) >= 11 is 0. The van der Waals surface area contributed by atoms with Gasteiger partial charge >= 0.3 is 18.2 Å². The number of rotatable bonds is 42. The van der Waals surface area contributed by atoms with Crippen LogP contribution in [0.25, 0.3) is 0 Å². The van der Waals surface area contributed by atoms with E-state index in [1.54, 1.807) is 67.8 Å². The minimum absolute atomic E-state index is 0.00379. The molecule has 9 amide bonds. The molecule has 4 atom stereocenters. The summed E-state index contributed by atoms with van der Waals surface area (Å²) in [5.41, 5.74) is 9.65. The lowest BCUT2D eigenvalue weighted by atomic mass is 9.88. The minimum Gasteiger partial charge on any atom is -0.493 e. The Morgan fingerprint density at radius 1 is 0.658 bits per heavy atom. The number of methoxy groups -OCH3 is 2. The van der Waals surface area contributed by atoms with Gasteiger partial charge < -0.3 is 59.0 Å². The van der Waals surface area contributed by atoms with Crippen LogP contribution in [-0.4, -0.2) is 165 Å². The van der Waals surface area contributed by atoms with Crippen molar-refractivity contribution in [2.45, 2.75) is 211 Å². The molecule has 6 N–H and O–H groups in total. The quantitative estimate of drug-likeness (QED) is 0.00905. The SMILES string of the molecule is C=C1C[C@@H](CC)N(C(=O)c2cc(OC)c(OCCCCCOc3cc(NC(=O)OCc4ccc(CC(=O)[C@H](CCCNC(N)=O)NC(=O)[C@@H](CC(=O)CCCCCN5C(=O)C=CC5=O)C(C)C)cc4)c(C(=O)N4CC(=C)C[C@H]4CO[Si](C)(C)C(C)(C)C)cc3OC)cc2NC(=O)OCc2ccc(SSC(C)(C)C)cc2)C1. The second-order valence-corrected chi connectivity index (χ2v) is 39.1. The molecule has 0 bridgehead atoms. The monoisotopic (exact) mass is 1590 g/mol. The number of hydrogen-bond donors (Lipinski definition) is 5. The lowest BCUT2D eigenvalue weighted by Gasteiger charge is -2.38. The number of likely N-dealkylation sites (tertiary alicyclic amines) is 2. The number of ether oxygens (including phenoxy) is 6. The Morgan fingerprint density at radius 2 is 1.16 bits per heavy atom. The first-order valence-corrected chi connectivity index (χ1v) is 43.2. The molecular weight excluding hydrogens is 1470 g/mol. The average Bonchev–Trinajstić information content (AvgIpc) is 1.78. The number of unbranched alkanes of at least 4 members (excludes halogenated alkanes) is 4. The van der Waals surface area contributed by atoms with Crippen LogP contribution in [0.2, 0.25) is 18.1 Å². The molecule has 0 aromatic heterocycles. The first-order valence-electron chi connectivity index (χ1n) is 38.2. The number of nitrogens with one attached hydrogen (secondary N) is 4. The predicted octanol–water partition coefficient (Wildman–Crippen LogP) is 15.1. The molecule has 3 heterocycles. The van der Waals surface area contributed by atoms with Crippen molar-refractivity contribution >= 4 is 101 Å². The maximum Gasteiger partial charge on any atom is 0.411 e. The van der Waals surface area contributed by atoms with Crippen LogP contribution >= 0.6 is 21.6 Å². The summed E-state index contributed by atoms with van der Waals surface area (Å²) in [7, 11) is 4.13. The standard InChI is InChI=1S/C83H114N8O17S2Si/c1-16-59-40-54(4)48-90(59)77(97)64-44-70(102-12)72(46-67(64)87-81(101)107-51-58-30-32-62(33-31-58)109-110-82(6,7)8)104-38-21-18-22-39-105-73-47-68(65(45-71(73)103-13)78(98)91-49-55(5)41-60(91)52-108-111(14,15)83(9,10)11)88-80(100)106-50-57-28-26-56(27-29-57)42-69(93)66(25-23-36-85-79(84)99)86-76(96)63(53(2)3)43-61(92)24-19-17-20-37-89-74(94)34-35-75(89)95/h26-35,44-47,53,59-60,63,66H,4-5,16-25,36-43,48-52H2,1-3,6-15H3,(H,86,96)(H,87,101)(H,88,100)(H3,84,85,99)/t59-,60+,63+,66+/m1/s1. The van der Waals surface area contributed by atoms with Gasteiger partial charge in [-0.05, 0) is 129 Å². The van der Waals surface area contributed by atoms with Crippen molar-refractivity contribution in [2.24, 2.45) is 17.6 Å². The third kappa shape index (κ3) is 27.4. The van der Waals surface area contributed by atoms with Crippen molar-refractivity contribution in [3.63, 3.8) is 0 Å². The molecule has 604 valence electrons. The molecule has 3 aliphatic heterocycles. The Bertz CT molecular complexity index is 3990. The predicted molar refractivity (Wildman–Crippen MR) is 435 cm³/mol. The van der Waals surface area contributed by atoms with Crippen LogP contribution in [0.1, 0.15) is 183 Å². The number of carbonyl (C=O) groups is 10. The number of imide groups is 1. The summed E-state index contributed by atoms with van der Waals surface area (Å²) < 4.78 is 42.5. The van der Waals surface area contributed by atoms with Crippen molar-refractivity contribution < 1.29 is 80.8 Å². The van der Waals surface area contributed by atoms with E-state index in [-0.39, 0.29) is 169 Å². The zero-order valence-corrected chi connectivity index (χ0v) is 69.5. The van der Waals surface area contributed by atoms with E-state index < -0.39 is 50.3 Å². The summed E-state index contributed by atoms with van der Waals surface area (Å²) in [5.74, 6) is -2.22. The van der Waals surface area contributed by atoms with Gasteiger partial charge in [0.15, 0.2) is 37.1 Å². The molecule has 3 aliphatic rings. The fourth-order valence-electron chi connectivity index (χ4n) is 12.5. The summed E-state index contributed by atoms with van der Waals surface area (Å²) in [6.45, 7) is 32.8. The number of nitrogens with two attached hydrogens (primary N) is 1. The van der Waals surface area contributed by atoms with Crippen molar-refractivity contribution in [1.29, 1.82) is 0 Å². The molecule has 111 heavy (non-hydrogen) atoms. The van der Waals surface area contributed by atoms with E-state index in [4.69, 9.17) is 38.6 Å². The average molecular weight is 1590 g/mol. The smallest absolute Gasteiger partial charge is 0.411 e. The van der Waals surface area contributed by atoms with E-state index in [2.05, 4.69) is 89.1 Å². The zero-order valence-electron chi connectivity index (χ0n) is 66.8. The van der Waals surface area contributed by atoms with Crippen LogP contribution in [0.4, 0.5) is 25.8 Å². The highest BCUT2D eigenvalue weighted by Crippen LogP contribution is 2.43. The molecule has 0 spiro atoms. The molecule has 0 radical (unpaired) electrons. The van der Waals surface area contributed by atoms with Crippen LogP contribution in [0, 0.1) is 11.8 Å². The second kappa shape index (κ2) is 42.0. The summed E-state index contributed by atoms with van der Waals surface area (Å²) in [5, 5.41) is 11.0. The number of nitrogens with zero attached hydrogens (tertiary/aromatic N) is 3. The molecule has 4 aromatic rings. The van der Waals surface area contributed by atoms with Crippen LogP contribution in [0.3, 0.4) is 0 Å². The minimum atomic E-state index is -2.25. The highest BCUT2D eigenvalue weighted by atomic mass is 33.1. The van der Waals surface area contributed by atoms with E-state index >= 15 is 0 Å². The molecule has 0 aliphatic carbocycles. The number of benzene rings is 4. The number of urea groups is 1. The van der Waals surface area contributed by atoms with Crippen LogP contribution in [-0.2, 0) is 57.5 Å². The van der Waals surface area contributed by atoms with Gasteiger partial charge in [-0.15, -0.1) is 0 Å². The normalized spacial score (nSPS) is 15.7. The molecule has 0 unspecified atom stereocenters. The van der Waals surface area contributed by atoms with Crippen LogP contribution in [0.5, 0.6) is 23.0 Å². The van der Waals surface area contributed by atoms with Gasteiger partial charge in [-0.2, -0.15) is 0 Å². The Labute approximate surface area is 662 Å². The maximum atomic E-state index is 15.0. The first kappa shape index (κ1) is 89.1. The molecule has 28 heteroatoms. The topological polar surface area (TPSA) is 319 Å². The van der Waals surface area contributed by atoms with Gasteiger partial charge in [0.1, 0.15) is 19.0 Å². The lowest BCUT2D eigenvalue weighted by molar-refractivity contribution is -0.137. The summed E-state index contributed by atoms with van der Waals surface area (Å²) in [4.78, 5) is 139.